The van der Waals surface area contributed by atoms with E-state index in [1.54, 1.807) is 0 Å². The Balaban J connectivity index is 1.80. The zero-order valence-corrected chi connectivity index (χ0v) is 16.8. The molecule has 0 aromatic heterocycles. The lowest BCUT2D eigenvalue weighted by Crippen LogP contribution is -2.60. The maximum absolute atomic E-state index is 12.8. The fraction of sp³-hybridized carbons (Fsp3) is 0.650. The first-order chi connectivity index (χ1) is 11.9. The van der Waals surface area contributed by atoms with Crippen molar-refractivity contribution in [3.63, 3.8) is 0 Å². The summed E-state index contributed by atoms with van der Waals surface area (Å²) < 4.78 is 5.69. The van der Waals surface area contributed by atoms with Gasteiger partial charge in [0, 0.05) is 12.1 Å². The van der Waals surface area contributed by atoms with Crippen LogP contribution in [0.15, 0.2) is 30.3 Å². The molecule has 0 aliphatic carbocycles. The fourth-order valence-corrected chi connectivity index (χ4v) is 5.90. The van der Waals surface area contributed by atoms with Crippen molar-refractivity contribution in [1.82, 2.24) is 4.90 Å². The number of hydrogen-bond acceptors (Lipinski definition) is 4. The van der Waals surface area contributed by atoms with E-state index in [4.69, 9.17) is 4.74 Å². The minimum absolute atomic E-state index is 0.200. The van der Waals surface area contributed by atoms with Crippen LogP contribution in [0.2, 0.25) is 0 Å². The summed E-state index contributed by atoms with van der Waals surface area (Å²) >= 11 is 3.98. The number of esters is 1. The predicted molar refractivity (Wildman–Crippen MR) is 102 cm³/mol. The molecule has 4 nitrogen and oxygen atoms in total. The number of alkyl halides is 1. The minimum atomic E-state index is -0.626. The summed E-state index contributed by atoms with van der Waals surface area (Å²) in [5.74, 6) is -0.553. The van der Waals surface area contributed by atoms with Gasteiger partial charge < -0.3 is 9.84 Å². The van der Waals surface area contributed by atoms with Crippen LogP contribution in [0.4, 0.5) is 0 Å². The fourth-order valence-electron chi connectivity index (χ4n) is 4.69. The zero-order chi connectivity index (χ0) is 18.2. The predicted octanol–water partition coefficient (Wildman–Crippen LogP) is 3.68. The van der Waals surface area contributed by atoms with Crippen LogP contribution in [0.1, 0.15) is 51.5 Å². The van der Waals surface area contributed by atoms with Crippen molar-refractivity contribution in [2.24, 2.45) is 5.92 Å². The number of fused-ring (bicyclic) bond motifs is 2. The number of aliphatic hydroxyl groups is 1. The third-order valence-electron chi connectivity index (χ3n) is 5.80. The average Bonchev–Trinajstić information content (AvgIpc) is 2.78. The highest BCUT2D eigenvalue weighted by Gasteiger charge is 2.59. The van der Waals surface area contributed by atoms with Crippen molar-refractivity contribution in [2.75, 3.05) is 6.61 Å². The second-order valence-corrected chi connectivity index (χ2v) is 8.94. The molecule has 0 radical (unpaired) electrons. The molecule has 1 aromatic rings. The first-order valence-corrected chi connectivity index (χ1v) is 10.0. The van der Waals surface area contributed by atoms with Crippen molar-refractivity contribution >= 4 is 21.9 Å². The van der Waals surface area contributed by atoms with Crippen molar-refractivity contribution < 1.29 is 14.6 Å². The summed E-state index contributed by atoms with van der Waals surface area (Å²) in [5.41, 5.74) is 0.799. The molecule has 1 aromatic carbocycles. The van der Waals surface area contributed by atoms with E-state index in [0.717, 1.165) is 24.8 Å². The third-order valence-corrected chi connectivity index (χ3v) is 7.51. The van der Waals surface area contributed by atoms with Crippen LogP contribution in [0.25, 0.3) is 0 Å². The van der Waals surface area contributed by atoms with Gasteiger partial charge in [-0.1, -0.05) is 53.2 Å². The van der Waals surface area contributed by atoms with Gasteiger partial charge in [-0.05, 0) is 44.6 Å². The molecule has 0 amide bonds. The number of aliphatic hydroxyl groups excluding tert-OH is 1. The molecule has 1 N–H and O–H groups in total. The highest BCUT2D eigenvalue weighted by Crippen LogP contribution is 2.53. The molecule has 5 unspecified atom stereocenters. The van der Waals surface area contributed by atoms with E-state index in [1.165, 1.54) is 0 Å². The van der Waals surface area contributed by atoms with E-state index in [0.29, 0.717) is 18.0 Å². The molecule has 5 heteroatoms. The maximum Gasteiger partial charge on any atom is 0.316 e. The molecule has 2 aliphatic heterocycles. The van der Waals surface area contributed by atoms with Crippen molar-refractivity contribution in [3.8, 4) is 0 Å². The van der Waals surface area contributed by atoms with E-state index in [9.17, 15) is 9.90 Å². The van der Waals surface area contributed by atoms with Gasteiger partial charge in [0.2, 0.25) is 0 Å². The second kappa shape index (κ2) is 7.37. The Morgan fingerprint density at radius 3 is 2.64 bits per heavy atom. The van der Waals surface area contributed by atoms with E-state index >= 15 is 0 Å². The van der Waals surface area contributed by atoms with E-state index < -0.39 is 5.92 Å². The topological polar surface area (TPSA) is 49.8 Å². The first-order valence-electron chi connectivity index (χ1n) is 9.23. The SMILES string of the molecule is CC(C)N1C2CCC(OC(=O)C(CO)c3ccccc3)C1(Br)C(C)C2. The second-order valence-electron chi connectivity index (χ2n) is 7.67. The van der Waals surface area contributed by atoms with Gasteiger partial charge in [-0.15, -0.1) is 0 Å². The number of hydrogen-bond donors (Lipinski definition) is 1. The van der Waals surface area contributed by atoms with Crippen LogP contribution in [0.5, 0.6) is 0 Å². The van der Waals surface area contributed by atoms with Crippen molar-refractivity contribution in [3.05, 3.63) is 35.9 Å². The van der Waals surface area contributed by atoms with Crippen LogP contribution < -0.4 is 0 Å². The summed E-state index contributed by atoms with van der Waals surface area (Å²) in [6.07, 6.45) is 2.83. The molecule has 0 spiro atoms. The van der Waals surface area contributed by atoms with Gasteiger partial charge in [0.05, 0.1) is 6.61 Å². The van der Waals surface area contributed by atoms with Gasteiger partial charge in [-0.3, -0.25) is 9.69 Å². The zero-order valence-electron chi connectivity index (χ0n) is 15.2. The number of carbonyl (C=O) groups excluding carboxylic acids is 1. The van der Waals surface area contributed by atoms with E-state index in [1.807, 2.05) is 30.3 Å². The number of halogens is 1. The lowest BCUT2D eigenvalue weighted by Gasteiger charge is -2.49. The number of rotatable bonds is 5. The minimum Gasteiger partial charge on any atom is -0.459 e. The van der Waals surface area contributed by atoms with Gasteiger partial charge in [0.25, 0.3) is 0 Å². The number of ether oxygens (including phenoxy) is 1. The summed E-state index contributed by atoms with van der Waals surface area (Å²) in [7, 11) is 0. The molecule has 2 heterocycles. The molecular weight excluding hydrogens is 382 g/mol. The largest absolute Gasteiger partial charge is 0.459 e. The highest BCUT2D eigenvalue weighted by atomic mass is 79.9. The van der Waals surface area contributed by atoms with Crippen LogP contribution in [0.3, 0.4) is 0 Å². The van der Waals surface area contributed by atoms with Crippen LogP contribution >= 0.6 is 15.9 Å². The maximum atomic E-state index is 12.8. The van der Waals surface area contributed by atoms with Crippen LogP contribution in [0, 0.1) is 5.92 Å². The molecule has 3 rings (SSSR count). The monoisotopic (exact) mass is 409 g/mol. The standard InChI is InChI=1S/C20H28BrNO3/c1-13(2)22-16-9-10-18(20(22,21)14(3)11-16)25-19(24)17(12-23)15-7-5-4-6-8-15/h4-8,13-14,16-18,23H,9-12H2,1-3H3. The van der Waals surface area contributed by atoms with Gasteiger partial charge in [0.15, 0.2) is 0 Å². The highest BCUT2D eigenvalue weighted by molar-refractivity contribution is 9.10. The molecule has 2 aliphatic rings. The van der Waals surface area contributed by atoms with Gasteiger partial charge in [-0.25, -0.2) is 0 Å². The Labute approximate surface area is 158 Å². The average molecular weight is 410 g/mol. The van der Waals surface area contributed by atoms with Crippen molar-refractivity contribution in [1.29, 1.82) is 0 Å². The van der Waals surface area contributed by atoms with Crippen molar-refractivity contribution in [2.45, 2.75) is 68.6 Å². The summed E-state index contributed by atoms with van der Waals surface area (Å²) in [6.45, 7) is 6.39. The smallest absolute Gasteiger partial charge is 0.316 e. The van der Waals surface area contributed by atoms with Crippen LogP contribution in [-0.4, -0.2) is 45.2 Å². The molecule has 0 saturated carbocycles. The molecule has 25 heavy (non-hydrogen) atoms. The lowest BCUT2D eigenvalue weighted by molar-refractivity contribution is -0.161. The number of benzene rings is 1. The van der Waals surface area contributed by atoms with Crippen LogP contribution in [-0.2, 0) is 9.53 Å². The number of nitrogens with zero attached hydrogens (tertiary/aromatic N) is 1. The summed E-state index contributed by atoms with van der Waals surface area (Å²) in [4.78, 5) is 15.3. The normalized spacial score (nSPS) is 33.4. The third kappa shape index (κ3) is 3.26. The number of piperidine rings is 1. The summed E-state index contributed by atoms with van der Waals surface area (Å²) in [6, 6.07) is 10.3. The first kappa shape index (κ1) is 18.9. The Morgan fingerprint density at radius 2 is 2.04 bits per heavy atom. The Morgan fingerprint density at radius 1 is 1.36 bits per heavy atom. The lowest BCUT2D eigenvalue weighted by atomic mass is 9.93. The van der Waals surface area contributed by atoms with E-state index in [-0.39, 0.29) is 23.1 Å². The van der Waals surface area contributed by atoms with E-state index in [2.05, 4.69) is 41.6 Å². The van der Waals surface area contributed by atoms with Gasteiger partial charge in [0.1, 0.15) is 16.5 Å². The molecular formula is C20H28BrNO3. The molecule has 5 atom stereocenters. The quantitative estimate of drug-likeness (QED) is 0.457. The molecule has 2 fully saturated rings. The number of carbonyl (C=O) groups is 1. The Bertz CT molecular complexity index is 608. The van der Waals surface area contributed by atoms with Gasteiger partial charge >= 0.3 is 5.97 Å². The Kier molecular flexibility index (Phi) is 5.57. The Hall–Kier alpha value is -0.910. The molecule has 138 valence electrons. The van der Waals surface area contributed by atoms with Gasteiger partial charge in [-0.2, -0.15) is 0 Å². The summed E-state index contributed by atoms with van der Waals surface area (Å²) in [5, 5.41) is 9.74. The molecule has 2 bridgehead atoms. The molecule has 2 saturated heterocycles.